The third-order valence-corrected chi connectivity index (χ3v) is 4.27. The third-order valence-electron chi connectivity index (χ3n) is 4.27. The highest BCUT2D eigenvalue weighted by molar-refractivity contribution is 5.69. The monoisotopic (exact) mass is 355 g/mol. The quantitative estimate of drug-likeness (QED) is 0.841. The van der Waals surface area contributed by atoms with Gasteiger partial charge in [-0.3, -0.25) is 0 Å². The van der Waals surface area contributed by atoms with Gasteiger partial charge in [0.2, 0.25) is 0 Å². The van der Waals surface area contributed by atoms with Crippen molar-refractivity contribution in [3.63, 3.8) is 0 Å². The highest BCUT2D eigenvalue weighted by Gasteiger charge is 2.27. The molecule has 0 saturated heterocycles. The Morgan fingerprint density at radius 3 is 2.81 bits per heavy atom. The van der Waals surface area contributed by atoms with Gasteiger partial charge in [0.05, 0.1) is 25.5 Å². The topological polar surface area (TPSA) is 64.5 Å². The van der Waals surface area contributed by atoms with Crippen LogP contribution in [-0.4, -0.2) is 47.0 Å². The molecule has 3 rings (SSSR count). The Morgan fingerprint density at radius 2 is 2.12 bits per heavy atom. The van der Waals surface area contributed by atoms with E-state index in [1.165, 1.54) is 5.56 Å². The number of carbonyl (C=O) groups is 1. The van der Waals surface area contributed by atoms with Gasteiger partial charge in [-0.05, 0) is 49.9 Å². The fraction of sp³-hybridized carbons (Fsp3) is 0.450. The second kappa shape index (κ2) is 7.41. The van der Waals surface area contributed by atoms with Crippen LogP contribution in [0, 0.1) is 0 Å². The van der Waals surface area contributed by atoms with Crippen molar-refractivity contribution in [1.82, 2.24) is 15.1 Å². The summed E-state index contributed by atoms with van der Waals surface area (Å²) in [6.07, 6.45) is 3.78. The molecule has 1 amide bonds. The van der Waals surface area contributed by atoms with Crippen molar-refractivity contribution >= 4 is 6.09 Å². The van der Waals surface area contributed by atoms with Gasteiger partial charge in [-0.2, -0.15) is 10.2 Å². The van der Waals surface area contributed by atoms with E-state index < -0.39 is 5.60 Å². The molecular formula is C20H25N3O3. The standard InChI is InChI=1S/C20H25N3O3/c1-20(2,3)26-19(24)23(4)13-18-17-7-5-6-15(16(17)9-11-25-18)14-8-10-21-22-12-14/h5-8,10,12,18H,9,11,13H2,1-4H3/t18-/m1/s1. The van der Waals surface area contributed by atoms with Crippen LogP contribution in [0.5, 0.6) is 0 Å². The minimum Gasteiger partial charge on any atom is -0.444 e. The number of nitrogens with zero attached hydrogens (tertiary/aromatic N) is 3. The molecule has 0 spiro atoms. The zero-order valence-corrected chi connectivity index (χ0v) is 15.7. The van der Waals surface area contributed by atoms with Crippen LogP contribution in [0.4, 0.5) is 4.79 Å². The number of ether oxygens (including phenoxy) is 2. The van der Waals surface area contributed by atoms with Crippen molar-refractivity contribution in [1.29, 1.82) is 0 Å². The number of fused-ring (bicyclic) bond motifs is 1. The Morgan fingerprint density at radius 1 is 1.31 bits per heavy atom. The Kier molecular flexibility index (Phi) is 5.23. The molecule has 0 saturated carbocycles. The first kappa shape index (κ1) is 18.3. The first-order valence-electron chi connectivity index (χ1n) is 8.80. The van der Waals surface area contributed by atoms with Crippen molar-refractivity contribution in [2.24, 2.45) is 0 Å². The summed E-state index contributed by atoms with van der Waals surface area (Å²) in [5.41, 5.74) is 4.02. The molecule has 6 nitrogen and oxygen atoms in total. The minimum atomic E-state index is -0.516. The number of benzene rings is 1. The van der Waals surface area contributed by atoms with Crippen molar-refractivity contribution in [3.05, 3.63) is 47.8 Å². The van der Waals surface area contributed by atoms with Gasteiger partial charge in [0, 0.05) is 12.6 Å². The van der Waals surface area contributed by atoms with Crippen LogP contribution in [0.2, 0.25) is 0 Å². The fourth-order valence-corrected chi connectivity index (χ4v) is 3.11. The lowest BCUT2D eigenvalue weighted by atomic mass is 9.90. The van der Waals surface area contributed by atoms with E-state index in [2.05, 4.69) is 22.3 Å². The van der Waals surface area contributed by atoms with E-state index in [0.717, 1.165) is 23.1 Å². The lowest BCUT2D eigenvalue weighted by Gasteiger charge is -2.32. The first-order valence-corrected chi connectivity index (χ1v) is 8.80. The zero-order valence-electron chi connectivity index (χ0n) is 15.7. The second-order valence-electron chi connectivity index (χ2n) is 7.47. The molecule has 2 heterocycles. The lowest BCUT2D eigenvalue weighted by Crippen LogP contribution is -2.38. The van der Waals surface area contributed by atoms with Gasteiger partial charge >= 0.3 is 6.09 Å². The van der Waals surface area contributed by atoms with Gasteiger partial charge in [0.15, 0.2) is 0 Å². The predicted octanol–water partition coefficient (Wildman–Crippen LogP) is 3.62. The summed E-state index contributed by atoms with van der Waals surface area (Å²) in [6, 6.07) is 8.14. The van der Waals surface area contributed by atoms with E-state index >= 15 is 0 Å². The van der Waals surface area contributed by atoms with Gasteiger partial charge in [-0.25, -0.2) is 4.79 Å². The molecule has 1 atom stereocenters. The van der Waals surface area contributed by atoms with Gasteiger partial charge in [0.1, 0.15) is 11.7 Å². The second-order valence-corrected chi connectivity index (χ2v) is 7.47. The van der Waals surface area contributed by atoms with Gasteiger partial charge < -0.3 is 14.4 Å². The number of rotatable bonds is 3. The molecular weight excluding hydrogens is 330 g/mol. The summed E-state index contributed by atoms with van der Waals surface area (Å²) in [5.74, 6) is 0. The van der Waals surface area contributed by atoms with E-state index in [4.69, 9.17) is 9.47 Å². The maximum atomic E-state index is 12.3. The van der Waals surface area contributed by atoms with E-state index in [-0.39, 0.29) is 12.2 Å². The molecule has 138 valence electrons. The molecule has 1 aliphatic heterocycles. The average molecular weight is 355 g/mol. The van der Waals surface area contributed by atoms with E-state index in [9.17, 15) is 4.79 Å². The van der Waals surface area contributed by atoms with Crippen LogP contribution >= 0.6 is 0 Å². The summed E-state index contributed by atoms with van der Waals surface area (Å²) < 4.78 is 11.4. The maximum Gasteiger partial charge on any atom is 0.410 e. The normalized spacial score (nSPS) is 16.7. The average Bonchev–Trinajstić information content (AvgIpc) is 2.61. The van der Waals surface area contributed by atoms with E-state index in [0.29, 0.717) is 13.2 Å². The molecule has 1 aromatic heterocycles. The molecule has 0 bridgehead atoms. The number of likely N-dealkylation sites (N-methyl/N-ethyl adjacent to an activating group) is 1. The smallest absolute Gasteiger partial charge is 0.410 e. The summed E-state index contributed by atoms with van der Waals surface area (Å²) in [4.78, 5) is 13.8. The molecule has 1 aliphatic rings. The highest BCUT2D eigenvalue weighted by Crippen LogP contribution is 2.34. The number of carbonyl (C=O) groups excluding carboxylic acids is 1. The van der Waals surface area contributed by atoms with Crippen molar-refractivity contribution in [3.8, 4) is 11.1 Å². The Balaban J connectivity index is 1.83. The van der Waals surface area contributed by atoms with Crippen molar-refractivity contribution in [2.75, 3.05) is 20.2 Å². The summed E-state index contributed by atoms with van der Waals surface area (Å²) in [5, 5.41) is 7.84. The predicted molar refractivity (Wildman–Crippen MR) is 98.7 cm³/mol. The SMILES string of the molecule is CN(C[C@H]1OCCc2c(-c3ccnnc3)cccc21)C(=O)OC(C)(C)C. The molecule has 0 radical (unpaired) electrons. The Hall–Kier alpha value is -2.47. The molecule has 0 fully saturated rings. The molecule has 2 aromatic rings. The molecule has 0 N–H and O–H groups in total. The van der Waals surface area contributed by atoms with Crippen LogP contribution in [0.1, 0.15) is 38.0 Å². The Bertz CT molecular complexity index is 772. The number of hydrogen-bond donors (Lipinski definition) is 0. The number of hydrogen-bond acceptors (Lipinski definition) is 5. The number of amides is 1. The molecule has 26 heavy (non-hydrogen) atoms. The van der Waals surface area contributed by atoms with Crippen LogP contribution in [-0.2, 0) is 15.9 Å². The molecule has 6 heteroatoms. The number of aromatic nitrogens is 2. The summed E-state index contributed by atoms with van der Waals surface area (Å²) >= 11 is 0. The largest absolute Gasteiger partial charge is 0.444 e. The van der Waals surface area contributed by atoms with Crippen LogP contribution in [0.15, 0.2) is 36.7 Å². The first-order chi connectivity index (χ1) is 12.3. The molecule has 1 aromatic carbocycles. The summed E-state index contributed by atoms with van der Waals surface area (Å²) in [7, 11) is 1.74. The molecule has 0 unspecified atom stereocenters. The Labute approximate surface area is 154 Å². The highest BCUT2D eigenvalue weighted by atomic mass is 16.6. The van der Waals surface area contributed by atoms with Crippen LogP contribution in [0.25, 0.3) is 11.1 Å². The fourth-order valence-electron chi connectivity index (χ4n) is 3.11. The van der Waals surface area contributed by atoms with Crippen LogP contribution < -0.4 is 0 Å². The maximum absolute atomic E-state index is 12.3. The van der Waals surface area contributed by atoms with Crippen molar-refractivity contribution in [2.45, 2.75) is 38.9 Å². The van der Waals surface area contributed by atoms with Gasteiger partial charge in [0.25, 0.3) is 0 Å². The third kappa shape index (κ3) is 4.19. The zero-order chi connectivity index (χ0) is 18.7. The van der Waals surface area contributed by atoms with Gasteiger partial charge in [-0.15, -0.1) is 0 Å². The van der Waals surface area contributed by atoms with E-state index in [1.807, 2.05) is 32.9 Å². The minimum absolute atomic E-state index is 0.175. The van der Waals surface area contributed by atoms with E-state index in [1.54, 1.807) is 24.3 Å². The van der Waals surface area contributed by atoms with Crippen molar-refractivity contribution < 1.29 is 14.3 Å². The lowest BCUT2D eigenvalue weighted by molar-refractivity contribution is -0.00157. The van der Waals surface area contributed by atoms with Gasteiger partial charge in [-0.1, -0.05) is 18.2 Å². The summed E-state index contributed by atoms with van der Waals surface area (Å²) in [6.45, 7) is 6.65. The molecule has 0 aliphatic carbocycles. The van der Waals surface area contributed by atoms with Crippen LogP contribution in [0.3, 0.4) is 0 Å².